The van der Waals surface area contributed by atoms with E-state index in [2.05, 4.69) is 0 Å². The molecule has 0 N–H and O–H groups in total. The summed E-state index contributed by atoms with van der Waals surface area (Å²) in [5.74, 6) is -0.0193. The predicted octanol–water partition coefficient (Wildman–Crippen LogP) is 4.76. The van der Waals surface area contributed by atoms with Gasteiger partial charge in [0.2, 0.25) is 11.8 Å². The Morgan fingerprint density at radius 2 is 1.82 bits per heavy atom. The maximum absolute atomic E-state index is 13.7. The SMILES string of the molecule is O=C(/C=C/c1ccccc1)N1CCC(C(=O)N(CC2CCCO2)c2nc3ccccc3s2)CC1. The first-order valence-electron chi connectivity index (χ1n) is 12.0. The Morgan fingerprint density at radius 1 is 1.06 bits per heavy atom. The van der Waals surface area contributed by atoms with Crippen molar-refractivity contribution >= 4 is 44.6 Å². The number of hydrogen-bond donors (Lipinski definition) is 0. The van der Waals surface area contributed by atoms with Crippen LogP contribution in [0.5, 0.6) is 0 Å². The van der Waals surface area contributed by atoms with Gasteiger partial charge in [0.05, 0.1) is 22.9 Å². The first-order valence-corrected chi connectivity index (χ1v) is 12.8. The van der Waals surface area contributed by atoms with E-state index in [0.29, 0.717) is 32.5 Å². The number of rotatable bonds is 6. The number of para-hydroxylation sites is 1. The monoisotopic (exact) mass is 475 g/mol. The van der Waals surface area contributed by atoms with Crippen molar-refractivity contribution in [2.45, 2.75) is 31.8 Å². The Kier molecular flexibility index (Phi) is 7.02. The van der Waals surface area contributed by atoms with Crippen LogP contribution in [-0.2, 0) is 14.3 Å². The van der Waals surface area contributed by atoms with E-state index in [0.717, 1.165) is 40.4 Å². The normalized spacial score (nSPS) is 19.2. The number of amides is 2. The number of aromatic nitrogens is 1. The number of likely N-dealkylation sites (tertiary alicyclic amines) is 1. The predicted molar refractivity (Wildman–Crippen MR) is 136 cm³/mol. The molecule has 6 nitrogen and oxygen atoms in total. The average Bonchev–Trinajstić information content (AvgIpc) is 3.56. The third kappa shape index (κ3) is 5.21. The number of piperidine rings is 1. The Balaban J connectivity index is 1.25. The number of anilines is 1. The number of ether oxygens (including phenoxy) is 1. The standard InChI is InChI=1S/C27H29N3O3S/c31-25(13-12-20-7-2-1-3-8-20)29-16-14-21(15-17-29)26(32)30(19-22-9-6-18-33-22)27-28-23-10-4-5-11-24(23)34-27/h1-5,7-8,10-13,21-22H,6,9,14-19H2/b13-12+. The summed E-state index contributed by atoms with van der Waals surface area (Å²) in [6.45, 7) is 2.46. The molecular weight excluding hydrogens is 446 g/mol. The van der Waals surface area contributed by atoms with E-state index >= 15 is 0 Å². The van der Waals surface area contributed by atoms with Crippen LogP contribution in [0.2, 0.25) is 0 Å². The Hall–Kier alpha value is -3.03. The lowest BCUT2D eigenvalue weighted by atomic mass is 9.95. The molecule has 0 spiro atoms. The molecule has 0 bridgehead atoms. The highest BCUT2D eigenvalue weighted by molar-refractivity contribution is 7.22. The van der Waals surface area contributed by atoms with Crippen molar-refractivity contribution in [3.05, 3.63) is 66.2 Å². The topological polar surface area (TPSA) is 62.7 Å². The summed E-state index contributed by atoms with van der Waals surface area (Å²) in [6.07, 6.45) is 6.85. The van der Waals surface area contributed by atoms with Gasteiger partial charge in [0, 0.05) is 31.7 Å². The number of hydrogen-bond acceptors (Lipinski definition) is 5. The quantitative estimate of drug-likeness (QED) is 0.482. The highest BCUT2D eigenvalue weighted by Crippen LogP contribution is 2.32. The molecule has 3 heterocycles. The molecule has 0 aliphatic carbocycles. The first-order chi connectivity index (χ1) is 16.7. The molecule has 1 aromatic heterocycles. The molecule has 3 aromatic rings. The van der Waals surface area contributed by atoms with Crippen LogP contribution in [-0.4, -0.2) is 54.0 Å². The summed E-state index contributed by atoms with van der Waals surface area (Å²) < 4.78 is 6.93. The Morgan fingerprint density at radius 3 is 2.56 bits per heavy atom. The molecular formula is C27H29N3O3S. The smallest absolute Gasteiger partial charge is 0.246 e. The molecule has 7 heteroatoms. The molecule has 1 unspecified atom stereocenters. The van der Waals surface area contributed by atoms with Crippen LogP contribution < -0.4 is 4.90 Å². The van der Waals surface area contributed by atoms with Gasteiger partial charge in [-0.05, 0) is 49.5 Å². The van der Waals surface area contributed by atoms with E-state index in [-0.39, 0.29) is 23.8 Å². The van der Waals surface area contributed by atoms with Gasteiger partial charge >= 0.3 is 0 Å². The number of thiazole rings is 1. The van der Waals surface area contributed by atoms with Gasteiger partial charge in [0.1, 0.15) is 0 Å². The molecule has 2 saturated heterocycles. The molecule has 2 aliphatic heterocycles. The Labute approximate surface area is 203 Å². The zero-order chi connectivity index (χ0) is 23.3. The van der Waals surface area contributed by atoms with Crippen molar-refractivity contribution in [3.63, 3.8) is 0 Å². The zero-order valence-corrected chi connectivity index (χ0v) is 20.0. The van der Waals surface area contributed by atoms with E-state index in [1.807, 2.05) is 70.5 Å². The summed E-state index contributed by atoms with van der Waals surface area (Å²) in [6, 6.07) is 17.8. The third-order valence-corrected chi connectivity index (χ3v) is 7.62. The lowest BCUT2D eigenvalue weighted by Gasteiger charge is -2.33. The Bertz CT molecular complexity index is 1130. The molecule has 2 fully saturated rings. The van der Waals surface area contributed by atoms with E-state index in [9.17, 15) is 9.59 Å². The van der Waals surface area contributed by atoms with Crippen molar-refractivity contribution < 1.29 is 14.3 Å². The van der Waals surface area contributed by atoms with Gasteiger partial charge in [0.15, 0.2) is 5.13 Å². The van der Waals surface area contributed by atoms with Crippen molar-refractivity contribution in [1.82, 2.24) is 9.88 Å². The minimum Gasteiger partial charge on any atom is -0.376 e. The molecule has 2 aromatic carbocycles. The molecule has 176 valence electrons. The number of carbonyl (C=O) groups excluding carboxylic acids is 2. The van der Waals surface area contributed by atoms with Gasteiger partial charge < -0.3 is 9.64 Å². The number of benzene rings is 2. The second-order valence-corrected chi connectivity index (χ2v) is 9.90. The van der Waals surface area contributed by atoms with E-state index in [4.69, 9.17) is 9.72 Å². The maximum atomic E-state index is 13.7. The molecule has 5 rings (SSSR count). The molecule has 2 amide bonds. The van der Waals surface area contributed by atoms with Gasteiger partial charge in [-0.1, -0.05) is 53.8 Å². The fourth-order valence-corrected chi connectivity index (χ4v) is 5.61. The lowest BCUT2D eigenvalue weighted by molar-refractivity contribution is -0.131. The second kappa shape index (κ2) is 10.5. The van der Waals surface area contributed by atoms with Crippen LogP contribution in [0.3, 0.4) is 0 Å². The molecule has 34 heavy (non-hydrogen) atoms. The molecule has 0 radical (unpaired) electrons. The van der Waals surface area contributed by atoms with Crippen molar-refractivity contribution in [2.24, 2.45) is 5.92 Å². The summed E-state index contributed by atoms with van der Waals surface area (Å²) in [7, 11) is 0. The number of carbonyl (C=O) groups is 2. The zero-order valence-electron chi connectivity index (χ0n) is 19.1. The fraction of sp³-hybridized carbons (Fsp3) is 0.370. The van der Waals surface area contributed by atoms with Crippen molar-refractivity contribution in [1.29, 1.82) is 0 Å². The largest absolute Gasteiger partial charge is 0.376 e. The fourth-order valence-electron chi connectivity index (χ4n) is 4.63. The first kappa shape index (κ1) is 22.7. The summed E-state index contributed by atoms with van der Waals surface area (Å²) in [4.78, 5) is 34.8. The van der Waals surface area contributed by atoms with Crippen LogP contribution in [0, 0.1) is 5.92 Å². The average molecular weight is 476 g/mol. The number of nitrogens with zero attached hydrogens (tertiary/aromatic N) is 3. The summed E-state index contributed by atoms with van der Waals surface area (Å²) in [5.41, 5.74) is 1.92. The van der Waals surface area contributed by atoms with Gasteiger partial charge in [0.25, 0.3) is 0 Å². The van der Waals surface area contributed by atoms with Gasteiger partial charge in [-0.3, -0.25) is 14.5 Å². The van der Waals surface area contributed by atoms with Crippen LogP contribution in [0.25, 0.3) is 16.3 Å². The van der Waals surface area contributed by atoms with Crippen LogP contribution in [0.1, 0.15) is 31.2 Å². The summed E-state index contributed by atoms with van der Waals surface area (Å²) >= 11 is 1.56. The van der Waals surface area contributed by atoms with Gasteiger partial charge in [-0.25, -0.2) is 4.98 Å². The second-order valence-electron chi connectivity index (χ2n) is 8.89. The number of fused-ring (bicyclic) bond motifs is 1. The van der Waals surface area contributed by atoms with E-state index in [1.54, 1.807) is 17.4 Å². The van der Waals surface area contributed by atoms with Crippen LogP contribution in [0.15, 0.2) is 60.7 Å². The van der Waals surface area contributed by atoms with Gasteiger partial charge in [-0.2, -0.15) is 0 Å². The van der Waals surface area contributed by atoms with Crippen LogP contribution in [0.4, 0.5) is 5.13 Å². The van der Waals surface area contributed by atoms with Crippen molar-refractivity contribution in [3.8, 4) is 0 Å². The minimum atomic E-state index is -0.115. The lowest BCUT2D eigenvalue weighted by Crippen LogP contribution is -2.46. The van der Waals surface area contributed by atoms with Gasteiger partial charge in [-0.15, -0.1) is 0 Å². The van der Waals surface area contributed by atoms with E-state index in [1.165, 1.54) is 0 Å². The molecule has 2 aliphatic rings. The van der Waals surface area contributed by atoms with E-state index < -0.39 is 0 Å². The van der Waals surface area contributed by atoms with Crippen molar-refractivity contribution in [2.75, 3.05) is 31.1 Å². The molecule has 1 atom stereocenters. The third-order valence-electron chi connectivity index (χ3n) is 6.56. The summed E-state index contributed by atoms with van der Waals surface area (Å²) in [5, 5.41) is 0.742. The molecule has 0 saturated carbocycles. The highest BCUT2D eigenvalue weighted by atomic mass is 32.1. The maximum Gasteiger partial charge on any atom is 0.246 e. The highest BCUT2D eigenvalue weighted by Gasteiger charge is 2.33. The minimum absolute atomic E-state index is 0.00265. The van der Waals surface area contributed by atoms with Crippen LogP contribution >= 0.6 is 11.3 Å².